The molecule has 1 rings (SSSR count). The molecule has 0 heterocycles. The van der Waals surface area contributed by atoms with Gasteiger partial charge in [-0.2, -0.15) is 8.78 Å². The monoisotopic (exact) mass is 306 g/mol. The van der Waals surface area contributed by atoms with Gasteiger partial charge < -0.3 is 10.2 Å². The van der Waals surface area contributed by atoms with E-state index in [4.69, 9.17) is 0 Å². The van der Waals surface area contributed by atoms with Gasteiger partial charge in [0, 0.05) is 26.2 Å². The fraction of sp³-hybridized carbons (Fsp3) is 0.538. The van der Waals surface area contributed by atoms with Crippen molar-refractivity contribution >= 4 is 15.5 Å². The van der Waals surface area contributed by atoms with E-state index in [1.54, 1.807) is 18.0 Å². The first-order valence-corrected chi connectivity index (χ1v) is 7.87. The highest BCUT2D eigenvalue weighted by Crippen LogP contribution is 2.28. The Morgan fingerprint density at radius 3 is 2.40 bits per heavy atom. The summed E-state index contributed by atoms with van der Waals surface area (Å²) >= 11 is 0. The van der Waals surface area contributed by atoms with Crippen LogP contribution >= 0.6 is 0 Å². The van der Waals surface area contributed by atoms with Crippen LogP contribution in [0, 0.1) is 0 Å². The Balaban J connectivity index is 2.96. The molecule has 0 atom stereocenters. The maximum Gasteiger partial charge on any atom is 0.341 e. The Labute approximate surface area is 118 Å². The van der Waals surface area contributed by atoms with Gasteiger partial charge in [0.1, 0.15) is 0 Å². The minimum atomic E-state index is -4.59. The van der Waals surface area contributed by atoms with E-state index < -0.39 is 15.6 Å². The number of nitrogens with one attached hydrogen (secondary N) is 1. The van der Waals surface area contributed by atoms with E-state index >= 15 is 0 Å². The van der Waals surface area contributed by atoms with Crippen LogP contribution in [0.5, 0.6) is 0 Å². The maximum atomic E-state index is 12.7. The molecule has 0 saturated carbocycles. The highest BCUT2D eigenvalue weighted by molar-refractivity contribution is 7.91. The summed E-state index contributed by atoms with van der Waals surface area (Å²) in [4.78, 5) is 1.33. The molecule has 0 aromatic heterocycles. The van der Waals surface area contributed by atoms with E-state index in [1.807, 2.05) is 13.8 Å². The molecule has 0 amide bonds. The molecular formula is C13H20F2N2O2S. The van der Waals surface area contributed by atoms with E-state index in [2.05, 4.69) is 5.32 Å². The van der Waals surface area contributed by atoms with Crippen LogP contribution < -0.4 is 10.2 Å². The quantitative estimate of drug-likeness (QED) is 0.838. The van der Waals surface area contributed by atoms with E-state index in [9.17, 15) is 17.2 Å². The largest absolute Gasteiger partial charge is 0.372 e. The fourth-order valence-corrected chi connectivity index (χ4v) is 2.73. The van der Waals surface area contributed by atoms with Crippen molar-refractivity contribution in [3.63, 3.8) is 0 Å². The van der Waals surface area contributed by atoms with E-state index in [-0.39, 0.29) is 4.90 Å². The summed E-state index contributed by atoms with van der Waals surface area (Å²) < 4.78 is 48.7. The molecular weight excluding hydrogens is 286 g/mol. The smallest absolute Gasteiger partial charge is 0.341 e. The zero-order valence-corrected chi connectivity index (χ0v) is 12.6. The SMILES string of the molecule is CC(C)NCCN(C)c1ccccc1S(=O)(=O)C(F)F. The van der Waals surface area contributed by atoms with Crippen molar-refractivity contribution in [2.45, 2.75) is 30.5 Å². The van der Waals surface area contributed by atoms with Crippen molar-refractivity contribution in [1.29, 1.82) is 0 Å². The molecule has 1 aromatic rings. The number of alkyl halides is 2. The zero-order chi connectivity index (χ0) is 15.3. The highest BCUT2D eigenvalue weighted by Gasteiger charge is 2.29. The number of hydrogen-bond donors (Lipinski definition) is 1. The van der Waals surface area contributed by atoms with Gasteiger partial charge in [0.05, 0.1) is 10.6 Å². The van der Waals surface area contributed by atoms with E-state index in [1.165, 1.54) is 18.2 Å². The average molecular weight is 306 g/mol. The molecule has 0 saturated heterocycles. The van der Waals surface area contributed by atoms with Crippen LogP contribution in [-0.2, 0) is 9.84 Å². The number of likely N-dealkylation sites (N-methyl/N-ethyl adjacent to an activating group) is 1. The third kappa shape index (κ3) is 4.14. The van der Waals surface area contributed by atoms with Crippen molar-refractivity contribution in [1.82, 2.24) is 5.32 Å². The Morgan fingerprint density at radius 2 is 1.85 bits per heavy atom. The molecule has 0 aliphatic rings. The van der Waals surface area contributed by atoms with Crippen LogP contribution in [0.25, 0.3) is 0 Å². The number of nitrogens with zero attached hydrogens (tertiary/aromatic N) is 1. The Kier molecular flexibility index (Phi) is 5.88. The third-order valence-electron chi connectivity index (χ3n) is 2.82. The number of anilines is 1. The van der Waals surface area contributed by atoms with Gasteiger partial charge in [-0.05, 0) is 12.1 Å². The molecule has 114 valence electrons. The first kappa shape index (κ1) is 16.8. The molecule has 0 fully saturated rings. The minimum Gasteiger partial charge on any atom is -0.372 e. The second-order valence-corrected chi connectivity index (χ2v) is 6.69. The molecule has 20 heavy (non-hydrogen) atoms. The van der Waals surface area contributed by atoms with Crippen LogP contribution in [0.1, 0.15) is 13.8 Å². The van der Waals surface area contributed by atoms with Crippen LogP contribution in [0.3, 0.4) is 0 Å². The Morgan fingerprint density at radius 1 is 1.25 bits per heavy atom. The predicted octanol–water partition coefficient (Wildman–Crippen LogP) is 2.12. The van der Waals surface area contributed by atoms with Gasteiger partial charge in [0.2, 0.25) is 9.84 Å². The van der Waals surface area contributed by atoms with E-state index in [0.29, 0.717) is 24.8 Å². The summed E-state index contributed by atoms with van der Waals surface area (Å²) in [6.45, 7) is 5.15. The normalized spacial score (nSPS) is 12.2. The highest BCUT2D eigenvalue weighted by atomic mass is 32.2. The number of rotatable bonds is 7. The summed E-state index contributed by atoms with van der Waals surface area (Å²) in [6.07, 6.45) is 0. The number of para-hydroxylation sites is 1. The lowest BCUT2D eigenvalue weighted by Gasteiger charge is -2.23. The second-order valence-electron chi connectivity index (χ2n) is 4.80. The van der Waals surface area contributed by atoms with Gasteiger partial charge in [-0.25, -0.2) is 8.42 Å². The standard InChI is InChI=1S/C13H20F2N2O2S/c1-10(2)16-8-9-17(3)11-6-4-5-7-12(11)20(18,19)13(14)15/h4-7,10,13,16H,8-9H2,1-3H3. The predicted molar refractivity (Wildman–Crippen MR) is 76.0 cm³/mol. The Bertz CT molecular complexity index is 533. The summed E-state index contributed by atoms with van der Waals surface area (Å²) in [6, 6.07) is 6.13. The van der Waals surface area contributed by atoms with Gasteiger partial charge in [-0.1, -0.05) is 26.0 Å². The molecule has 0 spiro atoms. The van der Waals surface area contributed by atoms with Gasteiger partial charge in [-0.15, -0.1) is 0 Å². The van der Waals surface area contributed by atoms with Gasteiger partial charge in [0.25, 0.3) is 0 Å². The Hall–Kier alpha value is -1.21. The molecule has 0 aliphatic carbocycles. The van der Waals surface area contributed by atoms with Crippen molar-refractivity contribution in [3.8, 4) is 0 Å². The first-order chi connectivity index (χ1) is 9.26. The number of hydrogen-bond acceptors (Lipinski definition) is 4. The summed E-state index contributed by atoms with van der Waals surface area (Å²) in [5.41, 5.74) is 0.290. The molecule has 0 radical (unpaired) electrons. The van der Waals surface area contributed by atoms with E-state index in [0.717, 1.165) is 0 Å². The van der Waals surface area contributed by atoms with Gasteiger partial charge in [0.15, 0.2) is 0 Å². The molecule has 0 bridgehead atoms. The number of benzene rings is 1. The molecule has 1 aromatic carbocycles. The lowest BCUT2D eigenvalue weighted by Crippen LogP contribution is -2.33. The molecule has 1 N–H and O–H groups in total. The molecule has 0 aliphatic heterocycles. The number of halogens is 2. The average Bonchev–Trinajstić information content (AvgIpc) is 2.38. The van der Waals surface area contributed by atoms with Crippen molar-refractivity contribution in [3.05, 3.63) is 24.3 Å². The van der Waals surface area contributed by atoms with Crippen molar-refractivity contribution in [2.24, 2.45) is 0 Å². The molecule has 4 nitrogen and oxygen atoms in total. The first-order valence-electron chi connectivity index (χ1n) is 6.32. The lowest BCUT2D eigenvalue weighted by atomic mass is 10.3. The number of sulfone groups is 1. The second kappa shape index (κ2) is 6.99. The fourth-order valence-electron chi connectivity index (χ4n) is 1.75. The zero-order valence-electron chi connectivity index (χ0n) is 11.8. The molecule has 7 heteroatoms. The van der Waals surface area contributed by atoms with Crippen LogP contribution in [0.15, 0.2) is 29.2 Å². The third-order valence-corrected chi connectivity index (χ3v) is 4.24. The summed E-state index contributed by atoms with van der Waals surface area (Å²) in [5.74, 6) is -3.41. The minimum absolute atomic E-state index is 0.290. The summed E-state index contributed by atoms with van der Waals surface area (Å²) in [5, 5.41) is 3.19. The molecule has 0 unspecified atom stereocenters. The lowest BCUT2D eigenvalue weighted by molar-refractivity contribution is 0.235. The van der Waals surface area contributed by atoms with Gasteiger partial charge >= 0.3 is 5.76 Å². The van der Waals surface area contributed by atoms with Crippen LogP contribution in [0.2, 0.25) is 0 Å². The van der Waals surface area contributed by atoms with Crippen LogP contribution in [-0.4, -0.2) is 40.4 Å². The summed E-state index contributed by atoms with van der Waals surface area (Å²) in [7, 11) is -2.91. The van der Waals surface area contributed by atoms with Gasteiger partial charge in [-0.3, -0.25) is 0 Å². The van der Waals surface area contributed by atoms with Crippen LogP contribution in [0.4, 0.5) is 14.5 Å². The van der Waals surface area contributed by atoms with Crippen molar-refractivity contribution < 1.29 is 17.2 Å². The van der Waals surface area contributed by atoms with Crippen molar-refractivity contribution in [2.75, 3.05) is 25.0 Å². The topological polar surface area (TPSA) is 49.4 Å². The maximum absolute atomic E-state index is 12.7.